The van der Waals surface area contributed by atoms with Crippen molar-refractivity contribution in [3.8, 4) is 0 Å². The van der Waals surface area contributed by atoms with Gasteiger partial charge in [0.15, 0.2) is 0 Å². The molecular weight excluding hydrogens is 272 g/mol. The summed E-state index contributed by atoms with van der Waals surface area (Å²) >= 11 is 0. The first-order chi connectivity index (χ1) is 10.8. The Morgan fingerprint density at radius 3 is 2.86 bits per heavy atom. The predicted molar refractivity (Wildman–Crippen MR) is 90.7 cm³/mol. The lowest BCUT2D eigenvalue weighted by Gasteiger charge is -2.25. The zero-order valence-corrected chi connectivity index (χ0v) is 13.2. The van der Waals surface area contributed by atoms with E-state index in [0.717, 1.165) is 32.5 Å². The van der Waals surface area contributed by atoms with Crippen LogP contribution in [0.4, 0.5) is 0 Å². The minimum absolute atomic E-state index is 0.300. The number of hydrogen-bond acceptors (Lipinski definition) is 2. The van der Waals surface area contributed by atoms with Crippen molar-refractivity contribution in [2.75, 3.05) is 13.1 Å². The van der Waals surface area contributed by atoms with Crippen LogP contribution >= 0.6 is 0 Å². The van der Waals surface area contributed by atoms with Crippen molar-refractivity contribution >= 4 is 16.7 Å². The van der Waals surface area contributed by atoms with Crippen molar-refractivity contribution in [1.82, 2.24) is 10.2 Å². The van der Waals surface area contributed by atoms with E-state index in [9.17, 15) is 4.79 Å². The van der Waals surface area contributed by atoms with Gasteiger partial charge in [-0.25, -0.2) is 0 Å². The van der Waals surface area contributed by atoms with Crippen molar-refractivity contribution < 1.29 is 4.79 Å². The van der Waals surface area contributed by atoms with E-state index in [1.165, 1.54) is 16.3 Å². The number of fused-ring (bicyclic) bond motifs is 1. The fourth-order valence-corrected chi connectivity index (χ4v) is 3.37. The predicted octanol–water partition coefficient (Wildman–Crippen LogP) is 3.33. The van der Waals surface area contributed by atoms with E-state index in [1.54, 1.807) is 0 Å². The second kappa shape index (κ2) is 6.93. The van der Waals surface area contributed by atoms with Gasteiger partial charge in [-0.1, -0.05) is 49.4 Å². The molecule has 1 unspecified atom stereocenters. The van der Waals surface area contributed by atoms with Crippen LogP contribution in [-0.2, 0) is 11.3 Å². The second-order valence-corrected chi connectivity index (χ2v) is 5.99. The highest BCUT2D eigenvalue weighted by Crippen LogP contribution is 2.26. The standard InChI is InChI=1S/C19H24N2O/c1-2-20-13-12-17-10-11-19(22)21(17)14-16-8-5-7-15-6-3-4-9-18(15)16/h3-9,17,20H,2,10-14H2,1H3. The summed E-state index contributed by atoms with van der Waals surface area (Å²) in [5, 5.41) is 5.87. The average Bonchev–Trinajstić information content (AvgIpc) is 2.89. The highest BCUT2D eigenvalue weighted by Gasteiger charge is 2.30. The van der Waals surface area contributed by atoms with Gasteiger partial charge in [-0.2, -0.15) is 0 Å². The molecule has 0 radical (unpaired) electrons. The Hall–Kier alpha value is -1.87. The number of carbonyl (C=O) groups excluding carboxylic acids is 1. The van der Waals surface area contributed by atoms with Gasteiger partial charge in [-0.3, -0.25) is 4.79 Å². The molecule has 0 aromatic heterocycles. The molecule has 1 amide bonds. The van der Waals surface area contributed by atoms with E-state index in [2.05, 4.69) is 59.6 Å². The number of benzene rings is 2. The lowest BCUT2D eigenvalue weighted by molar-refractivity contribution is -0.129. The van der Waals surface area contributed by atoms with Crippen LogP contribution in [0, 0.1) is 0 Å². The first kappa shape index (κ1) is 15.0. The van der Waals surface area contributed by atoms with E-state index < -0.39 is 0 Å². The molecule has 1 fully saturated rings. The topological polar surface area (TPSA) is 32.3 Å². The normalized spacial score (nSPS) is 18.3. The third kappa shape index (κ3) is 3.14. The molecular formula is C19H24N2O. The maximum Gasteiger partial charge on any atom is 0.223 e. The number of likely N-dealkylation sites (tertiary alicyclic amines) is 1. The molecule has 3 heteroatoms. The molecule has 22 heavy (non-hydrogen) atoms. The molecule has 1 aliphatic rings. The minimum Gasteiger partial charge on any atom is -0.335 e. The van der Waals surface area contributed by atoms with E-state index in [0.29, 0.717) is 18.4 Å². The van der Waals surface area contributed by atoms with Crippen LogP contribution in [0.3, 0.4) is 0 Å². The summed E-state index contributed by atoms with van der Waals surface area (Å²) in [7, 11) is 0. The summed E-state index contributed by atoms with van der Waals surface area (Å²) in [5.74, 6) is 0.300. The maximum atomic E-state index is 12.3. The molecule has 2 aromatic rings. The third-order valence-electron chi connectivity index (χ3n) is 4.58. The molecule has 0 bridgehead atoms. The lowest BCUT2D eigenvalue weighted by Crippen LogP contribution is -2.34. The van der Waals surface area contributed by atoms with Crippen LogP contribution in [0.1, 0.15) is 31.7 Å². The molecule has 3 rings (SSSR count). The van der Waals surface area contributed by atoms with Crippen LogP contribution in [0.5, 0.6) is 0 Å². The van der Waals surface area contributed by atoms with Crippen LogP contribution in [0.25, 0.3) is 10.8 Å². The van der Waals surface area contributed by atoms with Gasteiger partial charge in [0.2, 0.25) is 5.91 Å². The number of hydrogen-bond donors (Lipinski definition) is 1. The Bertz CT molecular complexity index is 647. The van der Waals surface area contributed by atoms with E-state index in [-0.39, 0.29) is 0 Å². The Labute approximate surface area is 132 Å². The van der Waals surface area contributed by atoms with Gasteiger partial charge in [-0.15, -0.1) is 0 Å². The van der Waals surface area contributed by atoms with Crippen molar-refractivity contribution in [1.29, 1.82) is 0 Å². The Morgan fingerprint density at radius 2 is 2.00 bits per heavy atom. The maximum absolute atomic E-state index is 12.3. The van der Waals surface area contributed by atoms with Crippen LogP contribution in [0.2, 0.25) is 0 Å². The summed E-state index contributed by atoms with van der Waals surface area (Å²) in [4.78, 5) is 14.3. The van der Waals surface area contributed by atoms with Crippen molar-refractivity contribution in [2.45, 2.75) is 38.8 Å². The van der Waals surface area contributed by atoms with Gasteiger partial charge in [0.1, 0.15) is 0 Å². The first-order valence-electron chi connectivity index (χ1n) is 8.26. The first-order valence-corrected chi connectivity index (χ1v) is 8.26. The quantitative estimate of drug-likeness (QED) is 0.829. The van der Waals surface area contributed by atoms with Gasteiger partial charge >= 0.3 is 0 Å². The van der Waals surface area contributed by atoms with Crippen LogP contribution in [-0.4, -0.2) is 29.9 Å². The number of amides is 1. The number of rotatable bonds is 6. The number of nitrogens with zero attached hydrogens (tertiary/aromatic N) is 1. The zero-order chi connectivity index (χ0) is 15.4. The molecule has 1 heterocycles. The average molecular weight is 296 g/mol. The van der Waals surface area contributed by atoms with Crippen molar-refractivity contribution in [3.05, 3.63) is 48.0 Å². The van der Waals surface area contributed by atoms with E-state index >= 15 is 0 Å². The molecule has 0 saturated carbocycles. The molecule has 116 valence electrons. The smallest absolute Gasteiger partial charge is 0.223 e. The second-order valence-electron chi connectivity index (χ2n) is 5.99. The highest BCUT2D eigenvalue weighted by atomic mass is 16.2. The molecule has 1 aliphatic heterocycles. The Balaban J connectivity index is 1.78. The van der Waals surface area contributed by atoms with Crippen molar-refractivity contribution in [2.24, 2.45) is 0 Å². The summed E-state index contributed by atoms with van der Waals surface area (Å²) in [6.07, 6.45) is 2.74. The van der Waals surface area contributed by atoms with Gasteiger partial charge < -0.3 is 10.2 Å². The van der Waals surface area contributed by atoms with Gasteiger partial charge in [0, 0.05) is 19.0 Å². The summed E-state index contributed by atoms with van der Waals surface area (Å²) < 4.78 is 0. The van der Waals surface area contributed by atoms with Gasteiger partial charge in [-0.05, 0) is 42.3 Å². The SMILES string of the molecule is CCNCCC1CCC(=O)N1Cc1cccc2ccccc12. The molecule has 1 saturated heterocycles. The van der Waals surface area contributed by atoms with Crippen LogP contribution in [0.15, 0.2) is 42.5 Å². The molecule has 0 aliphatic carbocycles. The van der Waals surface area contributed by atoms with Gasteiger partial charge in [0.05, 0.1) is 0 Å². The molecule has 1 N–H and O–H groups in total. The van der Waals surface area contributed by atoms with E-state index in [1.807, 2.05) is 0 Å². The summed E-state index contributed by atoms with van der Waals surface area (Å²) in [5.41, 5.74) is 1.25. The molecule has 2 aromatic carbocycles. The monoisotopic (exact) mass is 296 g/mol. The van der Waals surface area contributed by atoms with Crippen molar-refractivity contribution in [3.63, 3.8) is 0 Å². The minimum atomic E-state index is 0.300. The largest absolute Gasteiger partial charge is 0.335 e. The van der Waals surface area contributed by atoms with Crippen LogP contribution < -0.4 is 5.32 Å². The zero-order valence-electron chi connectivity index (χ0n) is 13.2. The lowest BCUT2D eigenvalue weighted by atomic mass is 10.0. The Kier molecular flexibility index (Phi) is 4.74. The third-order valence-corrected chi connectivity index (χ3v) is 4.58. The number of nitrogens with one attached hydrogen (secondary N) is 1. The fraction of sp³-hybridized carbons (Fsp3) is 0.421. The summed E-state index contributed by atoms with van der Waals surface area (Å²) in [6.45, 7) is 4.83. The van der Waals surface area contributed by atoms with E-state index in [4.69, 9.17) is 0 Å². The molecule has 3 nitrogen and oxygen atoms in total. The number of carbonyl (C=O) groups is 1. The summed E-state index contributed by atoms with van der Waals surface area (Å²) in [6, 6.07) is 15.2. The molecule has 1 atom stereocenters. The fourth-order valence-electron chi connectivity index (χ4n) is 3.37. The Morgan fingerprint density at radius 1 is 1.18 bits per heavy atom. The van der Waals surface area contributed by atoms with Gasteiger partial charge in [0.25, 0.3) is 0 Å². The highest BCUT2D eigenvalue weighted by molar-refractivity contribution is 5.86. The molecule has 0 spiro atoms.